The first-order valence-electron chi connectivity index (χ1n) is 8.41. The summed E-state index contributed by atoms with van der Waals surface area (Å²) in [5.41, 5.74) is 2.08. The Morgan fingerprint density at radius 1 is 1.11 bits per heavy atom. The molecule has 4 nitrogen and oxygen atoms in total. The molecule has 0 aliphatic carbocycles. The first kappa shape index (κ1) is 20.9. The van der Waals surface area contributed by atoms with Crippen molar-refractivity contribution in [3.05, 3.63) is 59.2 Å². The summed E-state index contributed by atoms with van der Waals surface area (Å²) in [4.78, 5) is 24.9. The lowest BCUT2D eigenvalue weighted by atomic mass is 10.1. The highest BCUT2D eigenvalue weighted by molar-refractivity contribution is 7.99. The number of benzene rings is 2. The molecule has 0 aliphatic heterocycles. The molecule has 0 saturated heterocycles. The van der Waals surface area contributed by atoms with Crippen LogP contribution in [-0.4, -0.2) is 23.7 Å². The summed E-state index contributed by atoms with van der Waals surface area (Å²) in [6, 6.07) is 8.78. The number of nitrogens with one attached hydrogen (secondary N) is 1. The summed E-state index contributed by atoms with van der Waals surface area (Å²) in [5.74, 6) is -2.20. The zero-order valence-corrected chi connectivity index (χ0v) is 16.2. The van der Waals surface area contributed by atoms with Gasteiger partial charge in [0.2, 0.25) is 0 Å². The second-order valence-electron chi connectivity index (χ2n) is 6.09. The molecule has 27 heavy (non-hydrogen) atoms. The number of halogens is 2. The van der Waals surface area contributed by atoms with Gasteiger partial charge in [-0.05, 0) is 56.2 Å². The summed E-state index contributed by atoms with van der Waals surface area (Å²) in [6.45, 7) is 5.43. The lowest BCUT2D eigenvalue weighted by molar-refractivity contribution is -0.152. The van der Waals surface area contributed by atoms with Crippen LogP contribution in [0.4, 0.5) is 14.5 Å². The minimum Gasteiger partial charge on any atom is -0.453 e. The van der Waals surface area contributed by atoms with Crippen molar-refractivity contribution in [2.24, 2.45) is 0 Å². The predicted molar refractivity (Wildman–Crippen MR) is 102 cm³/mol. The van der Waals surface area contributed by atoms with Gasteiger partial charge in [-0.3, -0.25) is 9.59 Å². The van der Waals surface area contributed by atoms with E-state index in [0.29, 0.717) is 5.75 Å². The molecule has 0 saturated carbocycles. The SMILES string of the molecule is Cc1ccc(SCCC(=O)O[C@@H](C)C(=O)Nc2cc(F)ccc2F)cc1C. The van der Waals surface area contributed by atoms with Gasteiger partial charge in [-0.1, -0.05) is 6.07 Å². The number of esters is 1. The standard InChI is InChI=1S/C20H21F2NO3S/c1-12-4-6-16(10-13(12)2)27-9-8-19(24)26-14(3)20(25)23-18-11-15(21)5-7-17(18)22/h4-7,10-11,14H,8-9H2,1-3H3,(H,23,25)/t14-/m0/s1. The Bertz CT molecular complexity index is 842. The van der Waals surface area contributed by atoms with Gasteiger partial charge in [-0.25, -0.2) is 8.78 Å². The zero-order valence-electron chi connectivity index (χ0n) is 15.3. The molecule has 2 rings (SSSR count). The van der Waals surface area contributed by atoms with Crippen LogP contribution < -0.4 is 5.32 Å². The molecule has 0 bridgehead atoms. The van der Waals surface area contributed by atoms with Crippen LogP contribution in [-0.2, 0) is 14.3 Å². The molecule has 1 N–H and O–H groups in total. The Balaban J connectivity index is 1.79. The molecule has 2 aromatic carbocycles. The van der Waals surface area contributed by atoms with E-state index in [2.05, 4.69) is 11.4 Å². The van der Waals surface area contributed by atoms with Gasteiger partial charge in [0.1, 0.15) is 11.6 Å². The highest BCUT2D eigenvalue weighted by Gasteiger charge is 2.19. The van der Waals surface area contributed by atoms with Crippen molar-refractivity contribution >= 4 is 29.3 Å². The third-order valence-electron chi connectivity index (χ3n) is 3.92. The normalized spacial score (nSPS) is 11.7. The quantitative estimate of drug-likeness (QED) is 0.550. The highest BCUT2D eigenvalue weighted by Crippen LogP contribution is 2.22. The molecule has 0 radical (unpaired) electrons. The number of thioether (sulfide) groups is 1. The van der Waals surface area contributed by atoms with Crippen molar-refractivity contribution < 1.29 is 23.1 Å². The number of aryl methyl sites for hydroxylation is 2. The third-order valence-corrected chi connectivity index (χ3v) is 4.91. The summed E-state index contributed by atoms with van der Waals surface area (Å²) >= 11 is 1.52. The Morgan fingerprint density at radius 3 is 2.56 bits per heavy atom. The van der Waals surface area contributed by atoms with Crippen LogP contribution in [0.1, 0.15) is 24.5 Å². The molecule has 0 fully saturated rings. The molecule has 0 heterocycles. The van der Waals surface area contributed by atoms with Gasteiger partial charge < -0.3 is 10.1 Å². The molecule has 1 amide bonds. The monoisotopic (exact) mass is 393 g/mol. The summed E-state index contributed by atoms with van der Waals surface area (Å²) in [6.07, 6.45) is -0.990. The maximum Gasteiger partial charge on any atom is 0.307 e. The Hall–Kier alpha value is -2.41. The Morgan fingerprint density at radius 2 is 1.85 bits per heavy atom. The molecule has 0 unspecified atom stereocenters. The maximum absolute atomic E-state index is 13.5. The van der Waals surface area contributed by atoms with Gasteiger partial charge in [0.15, 0.2) is 6.10 Å². The van der Waals surface area contributed by atoms with Crippen molar-refractivity contribution in [2.75, 3.05) is 11.1 Å². The molecular formula is C20H21F2NO3S. The zero-order chi connectivity index (χ0) is 20.0. The van der Waals surface area contributed by atoms with Gasteiger partial charge in [-0.2, -0.15) is 0 Å². The second kappa shape index (κ2) is 9.50. The van der Waals surface area contributed by atoms with Gasteiger partial charge in [0.05, 0.1) is 12.1 Å². The fourth-order valence-corrected chi connectivity index (χ4v) is 3.12. The lowest BCUT2D eigenvalue weighted by Crippen LogP contribution is -2.30. The second-order valence-corrected chi connectivity index (χ2v) is 7.26. The van der Waals surface area contributed by atoms with Crippen LogP contribution in [0.2, 0.25) is 0 Å². The first-order valence-corrected chi connectivity index (χ1v) is 9.40. The van der Waals surface area contributed by atoms with Crippen LogP contribution >= 0.6 is 11.8 Å². The van der Waals surface area contributed by atoms with Crippen LogP contribution in [0.3, 0.4) is 0 Å². The Labute approximate surface area is 161 Å². The van der Waals surface area contributed by atoms with Crippen molar-refractivity contribution in [2.45, 2.75) is 38.2 Å². The van der Waals surface area contributed by atoms with Gasteiger partial charge in [-0.15, -0.1) is 11.8 Å². The van der Waals surface area contributed by atoms with Crippen molar-refractivity contribution in [1.29, 1.82) is 0 Å². The van der Waals surface area contributed by atoms with Gasteiger partial charge in [0, 0.05) is 16.7 Å². The molecule has 144 valence electrons. The van der Waals surface area contributed by atoms with Gasteiger partial charge >= 0.3 is 5.97 Å². The minimum absolute atomic E-state index is 0.129. The summed E-state index contributed by atoms with van der Waals surface area (Å²) in [7, 11) is 0. The fraction of sp³-hybridized carbons (Fsp3) is 0.300. The molecule has 0 spiro atoms. The molecule has 7 heteroatoms. The number of anilines is 1. The first-order chi connectivity index (χ1) is 12.8. The van der Waals surface area contributed by atoms with Crippen LogP contribution in [0.15, 0.2) is 41.3 Å². The fourth-order valence-electron chi connectivity index (χ4n) is 2.19. The number of ether oxygens (including phenoxy) is 1. The number of carbonyl (C=O) groups is 2. The number of rotatable bonds is 7. The molecular weight excluding hydrogens is 372 g/mol. The smallest absolute Gasteiger partial charge is 0.307 e. The van der Waals surface area contributed by atoms with Crippen molar-refractivity contribution in [3.63, 3.8) is 0 Å². The topological polar surface area (TPSA) is 55.4 Å². The molecule has 1 atom stereocenters. The maximum atomic E-state index is 13.5. The number of hydrogen-bond acceptors (Lipinski definition) is 4. The number of hydrogen-bond donors (Lipinski definition) is 1. The van der Waals surface area contributed by atoms with E-state index in [9.17, 15) is 18.4 Å². The predicted octanol–water partition coefficient (Wildman–Crippen LogP) is 4.63. The highest BCUT2D eigenvalue weighted by atomic mass is 32.2. The van der Waals surface area contributed by atoms with E-state index in [1.54, 1.807) is 0 Å². The number of amides is 1. The van der Waals surface area contributed by atoms with Crippen LogP contribution in [0, 0.1) is 25.5 Å². The van der Waals surface area contributed by atoms with E-state index < -0.39 is 29.6 Å². The average Bonchev–Trinajstić information content (AvgIpc) is 2.61. The summed E-state index contributed by atoms with van der Waals surface area (Å²) < 4.78 is 31.7. The van der Waals surface area contributed by atoms with E-state index in [-0.39, 0.29) is 12.1 Å². The third kappa shape index (κ3) is 6.36. The van der Waals surface area contributed by atoms with Gasteiger partial charge in [0.25, 0.3) is 5.91 Å². The Kier molecular flexibility index (Phi) is 7.36. The molecule has 2 aromatic rings. The van der Waals surface area contributed by atoms with Crippen molar-refractivity contribution in [3.8, 4) is 0 Å². The van der Waals surface area contributed by atoms with E-state index in [4.69, 9.17) is 4.74 Å². The van der Waals surface area contributed by atoms with Crippen molar-refractivity contribution in [1.82, 2.24) is 0 Å². The van der Waals surface area contributed by atoms with Crippen LogP contribution in [0.5, 0.6) is 0 Å². The largest absolute Gasteiger partial charge is 0.453 e. The molecule has 0 aromatic heterocycles. The summed E-state index contributed by atoms with van der Waals surface area (Å²) in [5, 5.41) is 2.21. The van der Waals surface area contributed by atoms with E-state index in [1.165, 1.54) is 29.8 Å². The van der Waals surface area contributed by atoms with Crippen LogP contribution in [0.25, 0.3) is 0 Å². The van der Waals surface area contributed by atoms with E-state index >= 15 is 0 Å². The van der Waals surface area contributed by atoms with E-state index in [1.807, 2.05) is 26.0 Å². The van der Waals surface area contributed by atoms with E-state index in [0.717, 1.165) is 23.1 Å². The average molecular weight is 393 g/mol. The lowest BCUT2D eigenvalue weighted by Gasteiger charge is -2.14. The minimum atomic E-state index is -1.12. The number of carbonyl (C=O) groups excluding carboxylic acids is 2. The molecule has 0 aliphatic rings.